The van der Waals surface area contributed by atoms with E-state index >= 15 is 0 Å². The maximum absolute atomic E-state index is 4.48. The molecule has 92 valence electrons. The van der Waals surface area contributed by atoms with Crippen molar-refractivity contribution in [1.82, 2.24) is 25.1 Å². The molecule has 0 aromatic carbocycles. The molecule has 0 unspecified atom stereocenters. The number of rotatable bonds is 3. The minimum atomic E-state index is 0.00913. The Hall–Kier alpha value is -2.37. The number of nitrogens with one attached hydrogen (secondary N) is 3. The first-order valence-electron chi connectivity index (χ1n) is 5.82. The average molecular weight is 242 g/mol. The van der Waals surface area contributed by atoms with Gasteiger partial charge in [-0.3, -0.25) is 5.10 Å². The van der Waals surface area contributed by atoms with Crippen molar-refractivity contribution in [2.24, 2.45) is 0 Å². The van der Waals surface area contributed by atoms with Crippen LogP contribution in [0, 0.1) is 6.92 Å². The molecule has 3 aromatic rings. The van der Waals surface area contributed by atoms with E-state index in [4.69, 9.17) is 0 Å². The summed E-state index contributed by atoms with van der Waals surface area (Å²) in [4.78, 5) is 11.9. The van der Waals surface area contributed by atoms with Gasteiger partial charge < -0.3 is 10.3 Å². The first-order valence-corrected chi connectivity index (χ1v) is 5.82. The van der Waals surface area contributed by atoms with Crippen molar-refractivity contribution in [3.8, 4) is 0 Å². The molecule has 6 nitrogen and oxygen atoms in total. The zero-order valence-corrected chi connectivity index (χ0v) is 10.2. The van der Waals surface area contributed by atoms with Crippen LogP contribution in [0.25, 0.3) is 11.0 Å². The van der Waals surface area contributed by atoms with E-state index in [1.54, 1.807) is 0 Å². The fraction of sp³-hybridized carbons (Fsp3) is 0.250. The maximum atomic E-state index is 4.48. The van der Waals surface area contributed by atoms with Gasteiger partial charge in [0.2, 0.25) is 0 Å². The van der Waals surface area contributed by atoms with Crippen molar-refractivity contribution in [2.75, 3.05) is 5.32 Å². The van der Waals surface area contributed by atoms with E-state index in [2.05, 4.69) is 30.5 Å². The van der Waals surface area contributed by atoms with Gasteiger partial charge in [-0.05, 0) is 32.0 Å². The quantitative estimate of drug-likeness (QED) is 0.657. The van der Waals surface area contributed by atoms with Crippen LogP contribution in [0.1, 0.15) is 24.6 Å². The van der Waals surface area contributed by atoms with Crippen LogP contribution in [0.15, 0.2) is 24.4 Å². The third-order valence-electron chi connectivity index (χ3n) is 2.78. The summed E-state index contributed by atoms with van der Waals surface area (Å²) in [6.07, 6.45) is 1.88. The van der Waals surface area contributed by atoms with Gasteiger partial charge in [0, 0.05) is 11.6 Å². The number of nitrogens with zero attached hydrogens (tertiary/aromatic N) is 3. The van der Waals surface area contributed by atoms with Gasteiger partial charge in [-0.1, -0.05) is 0 Å². The highest BCUT2D eigenvalue weighted by atomic mass is 15.2. The van der Waals surface area contributed by atoms with Crippen molar-refractivity contribution < 1.29 is 0 Å². The Kier molecular flexibility index (Phi) is 2.47. The van der Waals surface area contributed by atoms with E-state index in [1.165, 1.54) is 0 Å². The van der Waals surface area contributed by atoms with E-state index in [-0.39, 0.29) is 6.04 Å². The number of H-pyrrole nitrogens is 2. The number of anilines is 1. The molecule has 0 aliphatic carbocycles. The average Bonchev–Trinajstić information content (AvgIpc) is 2.96. The van der Waals surface area contributed by atoms with Crippen LogP contribution in [0.5, 0.6) is 0 Å². The van der Waals surface area contributed by atoms with Crippen LogP contribution in [0.3, 0.4) is 0 Å². The van der Waals surface area contributed by atoms with Gasteiger partial charge in [-0.25, -0.2) is 9.97 Å². The second kappa shape index (κ2) is 4.14. The largest absolute Gasteiger partial charge is 0.360 e. The highest BCUT2D eigenvalue weighted by Gasteiger charge is 2.11. The number of fused-ring (bicyclic) bond motifs is 1. The number of aromatic nitrogens is 5. The van der Waals surface area contributed by atoms with Crippen molar-refractivity contribution >= 4 is 16.9 Å². The monoisotopic (exact) mass is 242 g/mol. The van der Waals surface area contributed by atoms with Crippen LogP contribution in [0.4, 0.5) is 5.82 Å². The van der Waals surface area contributed by atoms with Crippen LogP contribution >= 0.6 is 0 Å². The molecule has 6 heteroatoms. The fourth-order valence-corrected chi connectivity index (χ4v) is 1.85. The van der Waals surface area contributed by atoms with Gasteiger partial charge >= 0.3 is 0 Å². The SMILES string of the molecule is Cc1nc([C@@H](C)Nc2ccc3cc[nH]c3n2)n[nH]1. The molecule has 0 spiro atoms. The Morgan fingerprint density at radius 2 is 2.11 bits per heavy atom. The number of hydrogen-bond donors (Lipinski definition) is 3. The van der Waals surface area contributed by atoms with Gasteiger partial charge in [0.15, 0.2) is 5.82 Å². The van der Waals surface area contributed by atoms with E-state index in [0.29, 0.717) is 0 Å². The molecule has 3 heterocycles. The summed E-state index contributed by atoms with van der Waals surface area (Å²) in [5, 5.41) is 11.3. The van der Waals surface area contributed by atoms with Crippen LogP contribution in [-0.4, -0.2) is 25.1 Å². The Morgan fingerprint density at radius 3 is 2.89 bits per heavy atom. The molecular formula is C12H14N6. The van der Waals surface area contributed by atoms with E-state index in [1.807, 2.05) is 38.2 Å². The van der Waals surface area contributed by atoms with Gasteiger partial charge in [0.25, 0.3) is 0 Å². The molecule has 0 amide bonds. The van der Waals surface area contributed by atoms with Crippen molar-refractivity contribution in [1.29, 1.82) is 0 Å². The van der Waals surface area contributed by atoms with Crippen LogP contribution in [0.2, 0.25) is 0 Å². The smallest absolute Gasteiger partial charge is 0.172 e. The fourth-order valence-electron chi connectivity index (χ4n) is 1.85. The summed E-state index contributed by atoms with van der Waals surface area (Å²) in [6.45, 7) is 3.88. The number of aryl methyl sites for hydroxylation is 1. The summed E-state index contributed by atoms with van der Waals surface area (Å²) >= 11 is 0. The molecule has 18 heavy (non-hydrogen) atoms. The Balaban J connectivity index is 1.83. The lowest BCUT2D eigenvalue weighted by molar-refractivity contribution is 0.791. The van der Waals surface area contributed by atoms with Gasteiger partial charge in [-0.15, -0.1) is 0 Å². The first kappa shape index (κ1) is 10.8. The van der Waals surface area contributed by atoms with Gasteiger partial charge in [0.05, 0.1) is 6.04 Å². The first-order chi connectivity index (χ1) is 8.72. The zero-order valence-electron chi connectivity index (χ0n) is 10.2. The Labute approximate surface area is 104 Å². The van der Waals surface area contributed by atoms with E-state index < -0.39 is 0 Å². The van der Waals surface area contributed by atoms with E-state index in [9.17, 15) is 0 Å². The normalized spacial score (nSPS) is 12.8. The van der Waals surface area contributed by atoms with Gasteiger partial charge in [0.1, 0.15) is 17.3 Å². The van der Waals surface area contributed by atoms with Crippen molar-refractivity contribution in [2.45, 2.75) is 19.9 Å². The number of pyridine rings is 1. The lowest BCUT2D eigenvalue weighted by Crippen LogP contribution is -2.09. The minimum absolute atomic E-state index is 0.00913. The third kappa shape index (κ3) is 1.92. The lowest BCUT2D eigenvalue weighted by Gasteiger charge is -2.10. The molecule has 3 N–H and O–H groups in total. The van der Waals surface area contributed by atoms with Crippen LogP contribution in [-0.2, 0) is 0 Å². The van der Waals surface area contributed by atoms with Crippen molar-refractivity contribution in [3.05, 3.63) is 36.0 Å². The predicted octanol–water partition coefficient (Wildman–Crippen LogP) is 2.16. The van der Waals surface area contributed by atoms with Crippen molar-refractivity contribution in [3.63, 3.8) is 0 Å². The van der Waals surface area contributed by atoms with Crippen LogP contribution < -0.4 is 5.32 Å². The summed E-state index contributed by atoms with van der Waals surface area (Å²) in [5.41, 5.74) is 0.873. The topological polar surface area (TPSA) is 82.3 Å². The predicted molar refractivity (Wildman–Crippen MR) is 69.3 cm³/mol. The molecule has 3 rings (SSSR count). The molecule has 3 aromatic heterocycles. The summed E-state index contributed by atoms with van der Waals surface area (Å²) in [5.74, 6) is 2.35. The maximum Gasteiger partial charge on any atom is 0.172 e. The minimum Gasteiger partial charge on any atom is -0.360 e. The molecule has 0 aliphatic rings. The molecule has 0 radical (unpaired) electrons. The second-order valence-electron chi connectivity index (χ2n) is 4.26. The molecular weight excluding hydrogens is 228 g/mol. The van der Waals surface area contributed by atoms with Gasteiger partial charge in [-0.2, -0.15) is 5.10 Å². The summed E-state index contributed by atoms with van der Waals surface area (Å²) in [6, 6.07) is 5.98. The molecule has 1 atom stereocenters. The molecule has 0 bridgehead atoms. The number of aromatic amines is 2. The zero-order chi connectivity index (χ0) is 12.5. The third-order valence-corrected chi connectivity index (χ3v) is 2.78. The standard InChI is InChI=1S/C12H14N6/c1-7(11-15-8(2)17-18-11)14-10-4-3-9-5-6-13-12(9)16-10/h3-7H,1-2H3,(H2,13,14,16)(H,15,17,18)/t7-/m1/s1. The lowest BCUT2D eigenvalue weighted by atomic mass is 10.3. The highest BCUT2D eigenvalue weighted by molar-refractivity contribution is 5.77. The second-order valence-corrected chi connectivity index (χ2v) is 4.26. The highest BCUT2D eigenvalue weighted by Crippen LogP contribution is 2.17. The van der Waals surface area contributed by atoms with E-state index in [0.717, 1.165) is 28.5 Å². The Bertz CT molecular complexity index is 668. The molecule has 0 aliphatic heterocycles. The summed E-state index contributed by atoms with van der Waals surface area (Å²) in [7, 11) is 0. The summed E-state index contributed by atoms with van der Waals surface area (Å²) < 4.78 is 0. The molecule has 0 saturated carbocycles. The number of hydrogen-bond acceptors (Lipinski definition) is 4. The Morgan fingerprint density at radius 1 is 1.22 bits per heavy atom. The molecule has 0 saturated heterocycles. The molecule has 0 fully saturated rings.